The zero-order valence-corrected chi connectivity index (χ0v) is 8.73. The standard InChI is InChI=1S/C10H15NO4/c1-7(12)9(10(13)14)11-15-8-5-3-2-4-6-8/h8H,2-6H2,1H3,(H,13,14)/b11-9+. The topological polar surface area (TPSA) is 76.0 Å². The number of carboxylic acids is 1. The number of hydrogen-bond donors (Lipinski definition) is 1. The molecule has 0 radical (unpaired) electrons. The summed E-state index contributed by atoms with van der Waals surface area (Å²) in [6.45, 7) is 1.16. The van der Waals surface area contributed by atoms with Crippen LogP contribution in [0.3, 0.4) is 0 Å². The summed E-state index contributed by atoms with van der Waals surface area (Å²) >= 11 is 0. The number of hydrogen-bond acceptors (Lipinski definition) is 4. The Morgan fingerprint density at radius 2 is 1.87 bits per heavy atom. The number of rotatable bonds is 4. The van der Waals surface area contributed by atoms with Gasteiger partial charge in [0, 0.05) is 6.92 Å². The lowest BCUT2D eigenvalue weighted by molar-refractivity contribution is -0.130. The van der Waals surface area contributed by atoms with Crippen LogP contribution in [0, 0.1) is 0 Å². The average molecular weight is 213 g/mol. The van der Waals surface area contributed by atoms with Crippen LogP contribution in [-0.4, -0.2) is 28.7 Å². The van der Waals surface area contributed by atoms with E-state index in [1.165, 1.54) is 6.42 Å². The molecule has 1 rings (SSSR count). The van der Waals surface area contributed by atoms with Crippen LogP contribution >= 0.6 is 0 Å². The van der Waals surface area contributed by atoms with Crippen LogP contribution in [0.1, 0.15) is 39.0 Å². The number of oxime groups is 1. The molecule has 15 heavy (non-hydrogen) atoms. The van der Waals surface area contributed by atoms with Crippen molar-refractivity contribution in [1.82, 2.24) is 0 Å². The molecule has 1 aliphatic rings. The predicted octanol–water partition coefficient (Wildman–Crippen LogP) is 1.37. The summed E-state index contributed by atoms with van der Waals surface area (Å²) < 4.78 is 0. The maximum atomic E-state index is 10.9. The molecule has 0 atom stereocenters. The number of carbonyl (C=O) groups excluding carboxylic acids is 1. The fraction of sp³-hybridized carbons (Fsp3) is 0.700. The molecular formula is C10H15NO4. The summed E-state index contributed by atoms with van der Waals surface area (Å²) in [5, 5.41) is 12.1. The molecule has 0 aromatic heterocycles. The van der Waals surface area contributed by atoms with Crippen LogP contribution in [-0.2, 0) is 14.4 Å². The Balaban J connectivity index is 2.52. The first-order valence-corrected chi connectivity index (χ1v) is 5.09. The first-order chi connectivity index (χ1) is 7.11. The van der Waals surface area contributed by atoms with E-state index in [0.717, 1.165) is 32.6 Å². The lowest BCUT2D eigenvalue weighted by Gasteiger charge is -2.19. The van der Waals surface area contributed by atoms with Gasteiger partial charge in [-0.15, -0.1) is 0 Å². The quantitative estimate of drug-likeness (QED) is 0.434. The highest BCUT2D eigenvalue weighted by atomic mass is 16.6. The Hall–Kier alpha value is -1.39. The normalized spacial score (nSPS) is 18.6. The third-order valence-electron chi connectivity index (χ3n) is 2.38. The van der Waals surface area contributed by atoms with Crippen molar-refractivity contribution < 1.29 is 19.5 Å². The minimum absolute atomic E-state index is 0.0348. The Labute approximate surface area is 88.1 Å². The van der Waals surface area contributed by atoms with Gasteiger partial charge in [0.25, 0.3) is 0 Å². The number of carbonyl (C=O) groups is 2. The Morgan fingerprint density at radius 3 is 2.33 bits per heavy atom. The third-order valence-corrected chi connectivity index (χ3v) is 2.38. The van der Waals surface area contributed by atoms with E-state index in [2.05, 4.69) is 5.16 Å². The van der Waals surface area contributed by atoms with Crippen LogP contribution < -0.4 is 0 Å². The van der Waals surface area contributed by atoms with Crippen LogP contribution in [0.4, 0.5) is 0 Å². The number of ketones is 1. The molecule has 0 bridgehead atoms. The molecule has 84 valence electrons. The van der Waals surface area contributed by atoms with Crippen LogP contribution in [0.5, 0.6) is 0 Å². The molecular weight excluding hydrogens is 198 g/mol. The lowest BCUT2D eigenvalue weighted by atomic mass is 9.98. The fourth-order valence-electron chi connectivity index (χ4n) is 1.55. The molecule has 0 unspecified atom stereocenters. The van der Waals surface area contributed by atoms with Crippen LogP contribution in [0.15, 0.2) is 5.16 Å². The highest BCUT2D eigenvalue weighted by molar-refractivity contribution is 6.63. The van der Waals surface area contributed by atoms with Gasteiger partial charge < -0.3 is 9.94 Å². The Bertz CT molecular complexity index is 263. The van der Waals surface area contributed by atoms with Crippen LogP contribution in [0.2, 0.25) is 0 Å². The molecule has 0 aromatic carbocycles. The van der Waals surface area contributed by atoms with Gasteiger partial charge in [-0.2, -0.15) is 0 Å². The molecule has 0 aromatic rings. The van der Waals surface area contributed by atoms with Crippen molar-refractivity contribution in [2.45, 2.75) is 45.1 Å². The third kappa shape index (κ3) is 3.69. The zero-order valence-electron chi connectivity index (χ0n) is 8.73. The molecule has 5 heteroatoms. The van der Waals surface area contributed by atoms with Crippen molar-refractivity contribution >= 4 is 17.5 Å². The van der Waals surface area contributed by atoms with E-state index in [1.807, 2.05) is 0 Å². The molecule has 1 fully saturated rings. The van der Waals surface area contributed by atoms with Gasteiger partial charge in [-0.25, -0.2) is 4.79 Å². The van der Waals surface area contributed by atoms with Crippen molar-refractivity contribution in [2.75, 3.05) is 0 Å². The van der Waals surface area contributed by atoms with Gasteiger partial charge >= 0.3 is 5.97 Å². The SMILES string of the molecule is CC(=O)/C(=N\OC1CCCCC1)C(=O)O. The first-order valence-electron chi connectivity index (χ1n) is 5.09. The first kappa shape index (κ1) is 11.7. The Kier molecular flexibility index (Phi) is 4.27. The average Bonchev–Trinajstić information content (AvgIpc) is 2.18. The summed E-state index contributed by atoms with van der Waals surface area (Å²) in [6.07, 6.45) is 5.06. The van der Waals surface area contributed by atoms with Gasteiger partial charge in [-0.3, -0.25) is 4.79 Å². The van der Waals surface area contributed by atoms with Crippen molar-refractivity contribution in [1.29, 1.82) is 0 Å². The summed E-state index contributed by atoms with van der Waals surface area (Å²) in [6, 6.07) is 0. The van der Waals surface area contributed by atoms with E-state index in [4.69, 9.17) is 9.94 Å². The highest BCUT2D eigenvalue weighted by Crippen LogP contribution is 2.20. The highest BCUT2D eigenvalue weighted by Gasteiger charge is 2.19. The van der Waals surface area contributed by atoms with E-state index < -0.39 is 17.5 Å². The number of nitrogens with zero attached hydrogens (tertiary/aromatic N) is 1. The van der Waals surface area contributed by atoms with Crippen molar-refractivity contribution in [2.24, 2.45) is 5.16 Å². The second kappa shape index (κ2) is 5.48. The molecule has 0 aliphatic heterocycles. The maximum absolute atomic E-state index is 10.9. The molecule has 1 saturated carbocycles. The number of Topliss-reactive ketones (excluding diaryl/α,β-unsaturated/α-hetero) is 1. The van der Waals surface area contributed by atoms with Crippen molar-refractivity contribution in [3.8, 4) is 0 Å². The monoisotopic (exact) mass is 213 g/mol. The number of carboxylic acid groups (broad SMARTS) is 1. The predicted molar refractivity (Wildman–Crippen MR) is 53.7 cm³/mol. The maximum Gasteiger partial charge on any atom is 0.361 e. The summed E-state index contributed by atoms with van der Waals surface area (Å²) in [7, 11) is 0. The fourth-order valence-corrected chi connectivity index (χ4v) is 1.55. The molecule has 1 N–H and O–H groups in total. The summed E-state index contributed by atoms with van der Waals surface area (Å²) in [4.78, 5) is 26.5. The van der Waals surface area contributed by atoms with Crippen molar-refractivity contribution in [3.05, 3.63) is 0 Å². The van der Waals surface area contributed by atoms with E-state index >= 15 is 0 Å². The van der Waals surface area contributed by atoms with Gasteiger partial charge in [-0.1, -0.05) is 11.6 Å². The van der Waals surface area contributed by atoms with Gasteiger partial charge in [0.2, 0.25) is 5.71 Å². The second-order valence-electron chi connectivity index (χ2n) is 3.67. The molecule has 0 amide bonds. The van der Waals surface area contributed by atoms with Gasteiger partial charge in [-0.05, 0) is 25.7 Å². The Morgan fingerprint density at radius 1 is 1.27 bits per heavy atom. The summed E-state index contributed by atoms with van der Waals surface area (Å²) in [5.41, 5.74) is -0.527. The molecule has 0 saturated heterocycles. The van der Waals surface area contributed by atoms with E-state index in [-0.39, 0.29) is 6.10 Å². The number of aliphatic carboxylic acids is 1. The zero-order chi connectivity index (χ0) is 11.3. The largest absolute Gasteiger partial charge is 0.476 e. The van der Waals surface area contributed by atoms with E-state index in [0.29, 0.717) is 0 Å². The lowest BCUT2D eigenvalue weighted by Crippen LogP contribution is -2.23. The second-order valence-corrected chi connectivity index (χ2v) is 3.67. The molecule has 0 spiro atoms. The van der Waals surface area contributed by atoms with Crippen LogP contribution in [0.25, 0.3) is 0 Å². The van der Waals surface area contributed by atoms with Gasteiger partial charge in [0.05, 0.1) is 0 Å². The van der Waals surface area contributed by atoms with E-state index in [9.17, 15) is 9.59 Å². The molecule has 1 aliphatic carbocycles. The van der Waals surface area contributed by atoms with Gasteiger partial charge in [0.1, 0.15) is 6.10 Å². The van der Waals surface area contributed by atoms with Gasteiger partial charge in [0.15, 0.2) is 5.78 Å². The smallest absolute Gasteiger partial charge is 0.361 e. The molecule has 0 heterocycles. The minimum atomic E-state index is -1.33. The molecule has 5 nitrogen and oxygen atoms in total. The summed E-state index contributed by atoms with van der Waals surface area (Å²) in [5.74, 6) is -1.92. The van der Waals surface area contributed by atoms with E-state index in [1.54, 1.807) is 0 Å². The van der Waals surface area contributed by atoms with Crippen molar-refractivity contribution in [3.63, 3.8) is 0 Å². The minimum Gasteiger partial charge on any atom is -0.476 e.